The predicted molar refractivity (Wildman–Crippen MR) is 132 cm³/mol. The lowest BCUT2D eigenvalue weighted by Crippen LogP contribution is -2.38. The van der Waals surface area contributed by atoms with Crippen LogP contribution in [0.1, 0.15) is 16.7 Å². The fourth-order valence-corrected chi connectivity index (χ4v) is 3.52. The molecule has 4 aromatic rings. The number of allylic oxidation sites excluding steroid dienone is 2. The van der Waals surface area contributed by atoms with E-state index in [2.05, 4.69) is 16.7 Å². The summed E-state index contributed by atoms with van der Waals surface area (Å²) in [5.41, 5.74) is 1.88. The molecule has 1 N–H and O–H groups in total. The van der Waals surface area contributed by atoms with Crippen LogP contribution in [0.3, 0.4) is 0 Å². The molecule has 7 heteroatoms. The Balaban J connectivity index is 1.44. The molecule has 34 heavy (non-hydrogen) atoms. The number of rotatable bonds is 9. The van der Waals surface area contributed by atoms with Crippen LogP contribution in [-0.2, 0) is 12.1 Å². The van der Waals surface area contributed by atoms with E-state index in [4.69, 9.17) is 16.3 Å². The van der Waals surface area contributed by atoms with Gasteiger partial charge in [0.05, 0.1) is 6.54 Å². The molecule has 0 saturated heterocycles. The monoisotopic (exact) mass is 475 g/mol. The van der Waals surface area contributed by atoms with E-state index < -0.39 is 5.60 Å². The topological polar surface area (TPSA) is 60.2 Å². The average Bonchev–Trinajstić information content (AvgIpc) is 3.36. The van der Waals surface area contributed by atoms with Gasteiger partial charge >= 0.3 is 0 Å². The summed E-state index contributed by atoms with van der Waals surface area (Å²) in [7, 11) is 0. The summed E-state index contributed by atoms with van der Waals surface area (Å²) < 4.78 is 20.8. The minimum Gasteiger partial charge on any atom is -0.490 e. The van der Waals surface area contributed by atoms with Crippen LogP contribution < -0.4 is 4.74 Å². The number of aromatic nitrogens is 3. The lowest BCUT2D eigenvalue weighted by Gasteiger charge is -2.28. The molecule has 0 aliphatic carbocycles. The van der Waals surface area contributed by atoms with Gasteiger partial charge in [-0.1, -0.05) is 66.7 Å². The van der Waals surface area contributed by atoms with Gasteiger partial charge in [0.25, 0.3) is 0 Å². The molecule has 1 atom stereocenters. The molecule has 0 amide bonds. The third kappa shape index (κ3) is 5.98. The number of hydrogen-bond acceptors (Lipinski definition) is 4. The van der Waals surface area contributed by atoms with Crippen LogP contribution in [0, 0.1) is 5.82 Å². The van der Waals surface area contributed by atoms with Gasteiger partial charge in [-0.3, -0.25) is 0 Å². The number of nitrogens with zero attached hydrogens (tertiary/aromatic N) is 3. The van der Waals surface area contributed by atoms with Crippen LogP contribution in [0.15, 0.2) is 98.1 Å². The van der Waals surface area contributed by atoms with Gasteiger partial charge in [0.1, 0.15) is 36.4 Å². The van der Waals surface area contributed by atoms with Gasteiger partial charge in [-0.25, -0.2) is 14.1 Å². The van der Waals surface area contributed by atoms with Crippen molar-refractivity contribution in [1.82, 2.24) is 14.8 Å². The molecule has 0 aliphatic rings. The highest BCUT2D eigenvalue weighted by Crippen LogP contribution is 2.26. The van der Waals surface area contributed by atoms with Crippen molar-refractivity contribution in [3.05, 3.63) is 126 Å². The van der Waals surface area contributed by atoms with E-state index in [0.717, 1.165) is 16.7 Å². The first-order chi connectivity index (χ1) is 16.4. The Morgan fingerprint density at radius 1 is 1.06 bits per heavy atom. The Hall–Kier alpha value is -3.74. The summed E-state index contributed by atoms with van der Waals surface area (Å²) in [4.78, 5) is 3.92. The Morgan fingerprint density at radius 3 is 2.41 bits per heavy atom. The highest BCUT2D eigenvalue weighted by molar-refractivity contribution is 6.30. The first-order valence-electron chi connectivity index (χ1n) is 10.6. The Morgan fingerprint density at radius 2 is 1.76 bits per heavy atom. The molecule has 1 unspecified atom stereocenters. The zero-order valence-corrected chi connectivity index (χ0v) is 19.1. The number of hydrogen-bond donors (Lipinski definition) is 1. The number of aliphatic hydroxyl groups is 1. The molecular weight excluding hydrogens is 453 g/mol. The van der Waals surface area contributed by atoms with Crippen molar-refractivity contribution in [3.63, 3.8) is 0 Å². The van der Waals surface area contributed by atoms with Crippen LogP contribution in [0.25, 0.3) is 11.6 Å². The maximum absolute atomic E-state index is 13.4. The minimum atomic E-state index is -1.44. The van der Waals surface area contributed by atoms with Crippen molar-refractivity contribution in [2.24, 2.45) is 0 Å². The van der Waals surface area contributed by atoms with Crippen LogP contribution in [0.4, 0.5) is 4.39 Å². The maximum atomic E-state index is 13.4. The van der Waals surface area contributed by atoms with Crippen LogP contribution in [0.2, 0.25) is 5.02 Å². The summed E-state index contributed by atoms with van der Waals surface area (Å²) in [6.07, 6.45) is 6.80. The molecule has 0 saturated carbocycles. The molecule has 0 fully saturated rings. The quantitative estimate of drug-likeness (QED) is 0.312. The van der Waals surface area contributed by atoms with E-state index in [-0.39, 0.29) is 19.0 Å². The van der Waals surface area contributed by atoms with Crippen LogP contribution in [-0.4, -0.2) is 26.5 Å². The molecule has 3 aromatic carbocycles. The van der Waals surface area contributed by atoms with Crippen molar-refractivity contribution in [2.75, 3.05) is 6.61 Å². The highest BCUT2D eigenvalue weighted by atomic mass is 35.5. The fraction of sp³-hybridized carbons (Fsp3) is 0.111. The second kappa shape index (κ2) is 10.5. The molecule has 5 nitrogen and oxygen atoms in total. The number of halogens is 2. The van der Waals surface area contributed by atoms with E-state index in [0.29, 0.717) is 16.3 Å². The smallest absolute Gasteiger partial charge is 0.143 e. The van der Waals surface area contributed by atoms with E-state index in [1.54, 1.807) is 0 Å². The zero-order chi connectivity index (χ0) is 24.0. The summed E-state index contributed by atoms with van der Waals surface area (Å²) in [6, 6.07) is 20.7. The third-order valence-corrected chi connectivity index (χ3v) is 5.57. The number of ether oxygens (including phenoxy) is 1. The molecular formula is C27H23ClFN3O2. The lowest BCUT2D eigenvalue weighted by molar-refractivity contribution is -0.0270. The first kappa shape index (κ1) is 23.4. The van der Waals surface area contributed by atoms with Gasteiger partial charge in [-0.15, -0.1) is 0 Å². The van der Waals surface area contributed by atoms with E-state index in [9.17, 15) is 9.50 Å². The van der Waals surface area contributed by atoms with Gasteiger partial charge in [0, 0.05) is 5.02 Å². The largest absolute Gasteiger partial charge is 0.490 e. The summed E-state index contributed by atoms with van der Waals surface area (Å²) in [6.45, 7) is 4.16. The normalized spacial score (nSPS) is 13.0. The van der Waals surface area contributed by atoms with Crippen molar-refractivity contribution < 1.29 is 14.2 Å². The van der Waals surface area contributed by atoms with Crippen molar-refractivity contribution in [2.45, 2.75) is 12.1 Å². The average molecular weight is 476 g/mol. The Labute approximate surface area is 202 Å². The van der Waals surface area contributed by atoms with E-state index >= 15 is 0 Å². The van der Waals surface area contributed by atoms with Crippen LogP contribution >= 0.6 is 11.6 Å². The molecule has 0 spiro atoms. The van der Waals surface area contributed by atoms with Gasteiger partial charge in [0.2, 0.25) is 0 Å². The second-order valence-corrected chi connectivity index (χ2v) is 8.29. The Kier molecular flexibility index (Phi) is 7.21. The fourth-order valence-electron chi connectivity index (χ4n) is 3.40. The summed E-state index contributed by atoms with van der Waals surface area (Å²) in [5.74, 6) is 0.200. The lowest BCUT2D eigenvalue weighted by atomic mass is 9.94. The molecule has 4 rings (SSSR count). The van der Waals surface area contributed by atoms with Gasteiger partial charge in [-0.2, -0.15) is 5.10 Å². The minimum absolute atomic E-state index is 0.0603. The van der Waals surface area contributed by atoms with Crippen LogP contribution in [0.5, 0.6) is 5.75 Å². The predicted octanol–water partition coefficient (Wildman–Crippen LogP) is 5.76. The molecule has 1 heterocycles. The van der Waals surface area contributed by atoms with Crippen molar-refractivity contribution >= 4 is 23.3 Å². The first-order valence-corrected chi connectivity index (χ1v) is 11.0. The summed E-state index contributed by atoms with van der Waals surface area (Å²) in [5, 5.41) is 16.1. The summed E-state index contributed by atoms with van der Waals surface area (Å²) >= 11 is 5.92. The van der Waals surface area contributed by atoms with Gasteiger partial charge in [0.15, 0.2) is 0 Å². The standard InChI is InChI=1S/C27H23ClFN3O2/c1-20(2-3-21-4-10-24(28)11-5-21)22-6-14-26(15-7-22)34-17-27(33,16-32-19-30-18-31-32)23-8-12-25(29)13-9-23/h2-15,18-19,33H,1,16-17H2/b3-2+. The second-order valence-electron chi connectivity index (χ2n) is 7.85. The molecule has 1 aromatic heterocycles. The van der Waals surface area contributed by atoms with Crippen molar-refractivity contribution in [1.29, 1.82) is 0 Å². The van der Waals surface area contributed by atoms with E-state index in [1.165, 1.54) is 41.6 Å². The Bertz CT molecular complexity index is 1260. The SMILES string of the molecule is C=C(/C=C/c1ccc(Cl)cc1)c1ccc(OCC(O)(Cn2cncn2)c2ccc(F)cc2)cc1. The van der Waals surface area contributed by atoms with E-state index in [1.807, 2.05) is 60.7 Å². The number of benzene rings is 3. The third-order valence-electron chi connectivity index (χ3n) is 5.32. The van der Waals surface area contributed by atoms with Gasteiger partial charge in [-0.05, 0) is 58.7 Å². The zero-order valence-electron chi connectivity index (χ0n) is 18.3. The molecule has 0 bridgehead atoms. The van der Waals surface area contributed by atoms with Crippen molar-refractivity contribution in [3.8, 4) is 5.75 Å². The molecule has 0 radical (unpaired) electrons. The highest BCUT2D eigenvalue weighted by Gasteiger charge is 2.32. The molecule has 0 aliphatic heterocycles. The van der Waals surface area contributed by atoms with Gasteiger partial charge < -0.3 is 9.84 Å². The maximum Gasteiger partial charge on any atom is 0.143 e. The molecule has 172 valence electrons.